The van der Waals surface area contributed by atoms with Crippen molar-refractivity contribution in [2.75, 3.05) is 4.90 Å². The first-order valence-corrected chi connectivity index (χ1v) is 17.4. The Morgan fingerprint density at radius 1 is 0.400 bits per heavy atom. The van der Waals surface area contributed by atoms with Crippen LogP contribution in [0.5, 0.6) is 0 Å². The third-order valence-corrected chi connectivity index (χ3v) is 10.4. The monoisotopic (exact) mass is 639 g/mol. The average Bonchev–Trinajstić information content (AvgIpc) is 3.43. The molecule has 0 radical (unpaired) electrons. The van der Waals surface area contributed by atoms with Gasteiger partial charge in [-0.2, -0.15) is 0 Å². The van der Waals surface area contributed by atoms with Gasteiger partial charge in [-0.15, -0.1) is 0 Å². The minimum absolute atomic E-state index is 0.185. The van der Waals surface area contributed by atoms with Crippen LogP contribution in [0, 0.1) is 0 Å². The van der Waals surface area contributed by atoms with E-state index >= 15 is 0 Å². The van der Waals surface area contributed by atoms with Crippen molar-refractivity contribution < 1.29 is 0 Å². The van der Waals surface area contributed by atoms with Crippen LogP contribution in [0.3, 0.4) is 0 Å². The van der Waals surface area contributed by atoms with Gasteiger partial charge >= 0.3 is 0 Å². The Kier molecular flexibility index (Phi) is 7.21. The van der Waals surface area contributed by atoms with E-state index in [0.717, 1.165) is 11.4 Å². The van der Waals surface area contributed by atoms with Crippen molar-refractivity contribution in [2.24, 2.45) is 0 Å². The Morgan fingerprint density at radius 2 is 0.840 bits per heavy atom. The molecule has 0 bridgehead atoms. The molecule has 0 amide bonds. The molecule has 0 aromatic heterocycles. The molecule has 0 saturated carbocycles. The van der Waals surface area contributed by atoms with Gasteiger partial charge in [-0.05, 0) is 97.2 Å². The van der Waals surface area contributed by atoms with E-state index in [0.29, 0.717) is 0 Å². The Bertz CT molecular complexity index is 2380. The van der Waals surface area contributed by atoms with Crippen molar-refractivity contribution in [1.29, 1.82) is 0 Å². The highest BCUT2D eigenvalue weighted by atomic mass is 15.1. The Labute approximate surface area is 294 Å². The molecular formula is C49H37N. The van der Waals surface area contributed by atoms with Crippen molar-refractivity contribution in [1.82, 2.24) is 0 Å². The lowest BCUT2D eigenvalue weighted by atomic mass is 9.79. The summed E-state index contributed by atoms with van der Waals surface area (Å²) in [4.78, 5) is 2.46. The van der Waals surface area contributed by atoms with E-state index in [9.17, 15) is 0 Å². The lowest BCUT2D eigenvalue weighted by Gasteiger charge is -2.30. The van der Waals surface area contributed by atoms with E-state index in [1.807, 2.05) is 0 Å². The number of rotatable bonds is 6. The summed E-state index contributed by atoms with van der Waals surface area (Å²) in [7, 11) is 0. The molecule has 8 aromatic carbocycles. The van der Waals surface area contributed by atoms with E-state index in [2.05, 4.69) is 207 Å². The quantitative estimate of drug-likeness (QED) is 0.175. The molecule has 1 aliphatic rings. The molecule has 0 saturated heterocycles. The minimum Gasteiger partial charge on any atom is -0.310 e. The normalized spacial score (nSPS) is 12.8. The van der Waals surface area contributed by atoms with Crippen LogP contribution in [0.15, 0.2) is 188 Å². The van der Waals surface area contributed by atoms with Gasteiger partial charge in [-0.25, -0.2) is 0 Å². The van der Waals surface area contributed by atoms with Gasteiger partial charge in [0, 0.05) is 22.4 Å². The number of benzene rings is 8. The summed E-state index contributed by atoms with van der Waals surface area (Å²) in [6.07, 6.45) is 0. The fourth-order valence-electron chi connectivity index (χ4n) is 7.96. The van der Waals surface area contributed by atoms with E-state index in [1.54, 1.807) is 0 Å². The SMILES string of the molecule is CC1(C)c2ccccc2-c2c(N(c3ccc(-c4ccccc4)cc3)c3ccc(-c4ccccc4)cc3)cc3ccc(-c4ccccc4)cc3c21. The summed E-state index contributed by atoms with van der Waals surface area (Å²) >= 11 is 0. The number of hydrogen-bond donors (Lipinski definition) is 0. The van der Waals surface area contributed by atoms with E-state index < -0.39 is 0 Å². The lowest BCUT2D eigenvalue weighted by Crippen LogP contribution is -2.17. The van der Waals surface area contributed by atoms with Gasteiger partial charge in [-0.1, -0.05) is 166 Å². The van der Waals surface area contributed by atoms with Crippen LogP contribution in [-0.4, -0.2) is 0 Å². The fourth-order valence-corrected chi connectivity index (χ4v) is 7.96. The summed E-state index contributed by atoms with van der Waals surface area (Å²) in [5.41, 5.74) is 16.0. The first-order chi connectivity index (χ1) is 24.6. The highest BCUT2D eigenvalue weighted by Gasteiger charge is 2.39. The third kappa shape index (κ3) is 5.02. The molecule has 8 aromatic rings. The zero-order chi connectivity index (χ0) is 33.7. The topological polar surface area (TPSA) is 3.24 Å². The van der Waals surface area contributed by atoms with Gasteiger partial charge in [0.2, 0.25) is 0 Å². The maximum Gasteiger partial charge on any atom is 0.0549 e. The average molecular weight is 640 g/mol. The maximum absolute atomic E-state index is 2.46. The number of nitrogens with zero attached hydrogens (tertiary/aromatic N) is 1. The van der Waals surface area contributed by atoms with Crippen molar-refractivity contribution in [3.63, 3.8) is 0 Å². The Hall–Kier alpha value is -6.18. The first-order valence-electron chi connectivity index (χ1n) is 17.4. The van der Waals surface area contributed by atoms with Crippen molar-refractivity contribution in [3.8, 4) is 44.5 Å². The van der Waals surface area contributed by atoms with E-state index in [-0.39, 0.29) is 5.41 Å². The highest BCUT2D eigenvalue weighted by molar-refractivity contribution is 6.07. The Morgan fingerprint density at radius 3 is 1.38 bits per heavy atom. The van der Waals surface area contributed by atoms with Crippen molar-refractivity contribution in [2.45, 2.75) is 19.3 Å². The van der Waals surface area contributed by atoms with Crippen molar-refractivity contribution in [3.05, 3.63) is 199 Å². The summed E-state index contributed by atoms with van der Waals surface area (Å²) < 4.78 is 0. The van der Waals surface area contributed by atoms with Crippen LogP contribution < -0.4 is 4.90 Å². The zero-order valence-corrected chi connectivity index (χ0v) is 28.3. The van der Waals surface area contributed by atoms with Gasteiger partial charge in [0.15, 0.2) is 0 Å². The summed E-state index contributed by atoms with van der Waals surface area (Å²) in [5.74, 6) is 0. The number of hydrogen-bond acceptors (Lipinski definition) is 1. The molecule has 9 rings (SSSR count). The predicted molar refractivity (Wildman–Crippen MR) is 213 cm³/mol. The van der Waals surface area contributed by atoms with Crippen molar-refractivity contribution >= 4 is 27.8 Å². The molecule has 0 N–H and O–H groups in total. The van der Waals surface area contributed by atoms with Gasteiger partial charge in [0.05, 0.1) is 5.69 Å². The fraction of sp³-hybridized carbons (Fsp3) is 0.0612. The van der Waals surface area contributed by atoms with Gasteiger partial charge in [0.25, 0.3) is 0 Å². The van der Waals surface area contributed by atoms with Crippen LogP contribution in [0.25, 0.3) is 55.3 Å². The van der Waals surface area contributed by atoms with Crippen LogP contribution in [0.4, 0.5) is 17.1 Å². The molecule has 0 aliphatic heterocycles. The molecular weight excluding hydrogens is 603 g/mol. The van der Waals surface area contributed by atoms with E-state index in [1.165, 1.54) is 72.1 Å². The van der Waals surface area contributed by atoms with Crippen LogP contribution in [0.1, 0.15) is 25.0 Å². The summed E-state index contributed by atoms with van der Waals surface area (Å²) in [6, 6.07) is 68.5. The second kappa shape index (κ2) is 12.1. The molecule has 0 fully saturated rings. The lowest BCUT2D eigenvalue weighted by molar-refractivity contribution is 0.666. The largest absolute Gasteiger partial charge is 0.310 e. The molecule has 238 valence electrons. The second-order valence-corrected chi connectivity index (χ2v) is 13.8. The molecule has 50 heavy (non-hydrogen) atoms. The zero-order valence-electron chi connectivity index (χ0n) is 28.3. The standard InChI is InChI=1S/C49H37N/c1-49(2)45-21-13-12-20-43(45)47-46(33-40-23-22-39(32-44(40)48(47)49)36-18-10-5-11-19-36)50(41-28-24-37(25-29-41)34-14-6-3-7-15-34)42-30-26-38(27-31-42)35-16-8-4-9-17-35/h3-33H,1-2H3. The highest BCUT2D eigenvalue weighted by Crippen LogP contribution is 2.57. The molecule has 1 nitrogen and oxygen atoms in total. The molecule has 0 spiro atoms. The third-order valence-electron chi connectivity index (χ3n) is 10.4. The molecule has 0 unspecified atom stereocenters. The smallest absolute Gasteiger partial charge is 0.0549 e. The van der Waals surface area contributed by atoms with E-state index in [4.69, 9.17) is 0 Å². The first kappa shape index (κ1) is 29.9. The van der Waals surface area contributed by atoms with Crippen LogP contribution >= 0.6 is 0 Å². The van der Waals surface area contributed by atoms with Gasteiger partial charge < -0.3 is 4.90 Å². The molecule has 0 heterocycles. The predicted octanol–water partition coefficient (Wildman–Crippen LogP) is 13.6. The Balaban J connectivity index is 1.30. The molecule has 1 heteroatoms. The maximum atomic E-state index is 2.46. The number of anilines is 3. The summed E-state index contributed by atoms with van der Waals surface area (Å²) in [5, 5.41) is 2.55. The molecule has 0 atom stereocenters. The number of fused-ring (bicyclic) bond motifs is 5. The van der Waals surface area contributed by atoms with Crippen LogP contribution in [0.2, 0.25) is 0 Å². The van der Waals surface area contributed by atoms with Gasteiger partial charge in [0.1, 0.15) is 0 Å². The molecule has 1 aliphatic carbocycles. The minimum atomic E-state index is -0.185. The van der Waals surface area contributed by atoms with Gasteiger partial charge in [-0.3, -0.25) is 0 Å². The summed E-state index contributed by atoms with van der Waals surface area (Å²) in [6.45, 7) is 4.79. The van der Waals surface area contributed by atoms with Crippen LogP contribution in [-0.2, 0) is 5.41 Å². The second-order valence-electron chi connectivity index (χ2n) is 13.8.